The van der Waals surface area contributed by atoms with Gasteiger partial charge in [0.15, 0.2) is 11.5 Å². The highest BCUT2D eigenvalue weighted by Gasteiger charge is 2.16. The molecule has 0 fully saturated rings. The third-order valence-electron chi connectivity index (χ3n) is 4.14. The molecule has 0 atom stereocenters. The Morgan fingerprint density at radius 3 is 2.79 bits per heavy atom. The van der Waals surface area contributed by atoms with Crippen LogP contribution in [0.1, 0.15) is 15.9 Å². The molecule has 1 aromatic heterocycles. The summed E-state index contributed by atoms with van der Waals surface area (Å²) in [4.78, 5) is 12.1. The molecule has 1 aliphatic rings. The Kier molecular flexibility index (Phi) is 5.08. The molecule has 7 nitrogen and oxygen atoms in total. The molecule has 1 amide bonds. The maximum absolute atomic E-state index is 12.1. The average Bonchev–Trinajstić information content (AvgIpc) is 3.14. The van der Waals surface area contributed by atoms with E-state index in [0.29, 0.717) is 53.3 Å². The molecule has 4 rings (SSSR count). The van der Waals surface area contributed by atoms with Crippen LogP contribution in [0.3, 0.4) is 0 Å². The van der Waals surface area contributed by atoms with Gasteiger partial charge in [0, 0.05) is 18.9 Å². The molecule has 28 heavy (non-hydrogen) atoms. The van der Waals surface area contributed by atoms with Crippen molar-refractivity contribution in [3.63, 3.8) is 0 Å². The number of halogens is 1. The number of hydrogen-bond donors (Lipinski definition) is 1. The summed E-state index contributed by atoms with van der Waals surface area (Å²) < 4.78 is 18.5. The van der Waals surface area contributed by atoms with Gasteiger partial charge < -0.3 is 19.5 Å². The summed E-state index contributed by atoms with van der Waals surface area (Å²) in [5.41, 5.74) is 2.05. The molecule has 0 saturated heterocycles. The fraction of sp³-hybridized carbons (Fsp3) is 0.200. The van der Waals surface area contributed by atoms with Gasteiger partial charge in [0.25, 0.3) is 5.91 Å². The second kappa shape index (κ2) is 7.82. The van der Waals surface area contributed by atoms with Crippen LogP contribution in [0.15, 0.2) is 48.8 Å². The zero-order chi connectivity index (χ0) is 19.5. The quantitative estimate of drug-likeness (QED) is 0.708. The smallest absolute Gasteiger partial charge is 0.258 e. The zero-order valence-corrected chi connectivity index (χ0v) is 15.9. The molecule has 2 aromatic carbocycles. The first kappa shape index (κ1) is 18.2. The number of nitrogens with zero attached hydrogens (tertiary/aromatic N) is 2. The zero-order valence-electron chi connectivity index (χ0n) is 15.1. The highest BCUT2D eigenvalue weighted by atomic mass is 35.5. The third kappa shape index (κ3) is 4.04. The van der Waals surface area contributed by atoms with Crippen LogP contribution in [-0.4, -0.2) is 28.9 Å². The van der Waals surface area contributed by atoms with Crippen molar-refractivity contribution < 1.29 is 19.0 Å². The van der Waals surface area contributed by atoms with Crippen LogP contribution in [-0.2, 0) is 13.7 Å². The van der Waals surface area contributed by atoms with Gasteiger partial charge in [0.2, 0.25) is 0 Å². The first-order valence-electron chi connectivity index (χ1n) is 8.69. The average molecular weight is 400 g/mol. The monoisotopic (exact) mass is 399 g/mol. The molecule has 0 aliphatic carbocycles. The SMILES string of the molecule is Cn1cc(C(=O)Nc2ccc(OCc3cc(Cl)c4c(c3)OCCO4)cc2)cn1. The van der Waals surface area contributed by atoms with E-state index in [1.165, 1.54) is 6.20 Å². The number of carbonyl (C=O) groups excluding carboxylic acids is 1. The number of rotatable bonds is 5. The summed E-state index contributed by atoms with van der Waals surface area (Å²) in [6.45, 7) is 1.32. The normalized spacial score (nSPS) is 12.5. The van der Waals surface area contributed by atoms with Crippen molar-refractivity contribution in [3.8, 4) is 17.2 Å². The number of anilines is 1. The van der Waals surface area contributed by atoms with Gasteiger partial charge in [-0.05, 0) is 42.0 Å². The van der Waals surface area contributed by atoms with Crippen molar-refractivity contribution in [2.75, 3.05) is 18.5 Å². The van der Waals surface area contributed by atoms with Gasteiger partial charge in [-0.15, -0.1) is 0 Å². The highest BCUT2D eigenvalue weighted by Crippen LogP contribution is 2.38. The van der Waals surface area contributed by atoms with Gasteiger partial charge in [-0.25, -0.2) is 0 Å². The van der Waals surface area contributed by atoms with E-state index in [2.05, 4.69) is 10.4 Å². The molecule has 3 aromatic rings. The van der Waals surface area contributed by atoms with E-state index in [0.717, 1.165) is 5.56 Å². The molecule has 2 heterocycles. The van der Waals surface area contributed by atoms with Crippen LogP contribution >= 0.6 is 11.6 Å². The number of fused-ring (bicyclic) bond motifs is 1. The van der Waals surface area contributed by atoms with E-state index in [4.69, 9.17) is 25.8 Å². The standard InChI is InChI=1S/C20H18ClN3O4/c1-24-11-14(10-22-24)20(25)23-15-2-4-16(5-3-15)28-12-13-8-17(21)19-18(9-13)26-6-7-27-19/h2-5,8-11H,6-7,12H2,1H3,(H,23,25). The lowest BCUT2D eigenvalue weighted by molar-refractivity contribution is 0.102. The Balaban J connectivity index is 1.37. The predicted molar refractivity (Wildman–Crippen MR) is 104 cm³/mol. The molecule has 1 aliphatic heterocycles. The lowest BCUT2D eigenvalue weighted by Crippen LogP contribution is -2.16. The Hall–Kier alpha value is -3.19. The van der Waals surface area contributed by atoms with Crippen LogP contribution in [0, 0.1) is 0 Å². The molecule has 0 spiro atoms. The van der Waals surface area contributed by atoms with Gasteiger partial charge in [-0.3, -0.25) is 9.48 Å². The molecule has 144 valence electrons. The molecule has 8 heteroatoms. The second-order valence-electron chi connectivity index (χ2n) is 6.27. The largest absolute Gasteiger partial charge is 0.489 e. The lowest BCUT2D eigenvalue weighted by Gasteiger charge is -2.20. The summed E-state index contributed by atoms with van der Waals surface area (Å²) in [5.74, 6) is 1.66. The third-order valence-corrected chi connectivity index (χ3v) is 4.42. The van der Waals surface area contributed by atoms with Crippen molar-refractivity contribution in [1.82, 2.24) is 9.78 Å². The molecule has 0 unspecified atom stereocenters. The van der Waals surface area contributed by atoms with E-state index in [1.807, 2.05) is 6.07 Å². The molecule has 0 saturated carbocycles. The lowest BCUT2D eigenvalue weighted by atomic mass is 10.2. The fourth-order valence-electron chi connectivity index (χ4n) is 2.79. The Morgan fingerprint density at radius 1 is 1.25 bits per heavy atom. The number of carbonyl (C=O) groups is 1. The van der Waals surface area contributed by atoms with Crippen molar-refractivity contribution in [2.24, 2.45) is 7.05 Å². The van der Waals surface area contributed by atoms with Crippen molar-refractivity contribution >= 4 is 23.2 Å². The van der Waals surface area contributed by atoms with Crippen LogP contribution < -0.4 is 19.5 Å². The first-order valence-corrected chi connectivity index (χ1v) is 9.07. The molecule has 1 N–H and O–H groups in total. The van der Waals surface area contributed by atoms with E-state index < -0.39 is 0 Å². The number of aryl methyl sites for hydroxylation is 1. The summed E-state index contributed by atoms with van der Waals surface area (Å²) in [7, 11) is 1.76. The Bertz CT molecular complexity index is 1000. The predicted octanol–water partition coefficient (Wildman–Crippen LogP) is 3.68. The fourth-order valence-corrected chi connectivity index (χ4v) is 3.08. The van der Waals surface area contributed by atoms with Crippen molar-refractivity contribution in [3.05, 3.63) is 64.9 Å². The first-order chi connectivity index (χ1) is 13.6. The maximum atomic E-state index is 12.1. The maximum Gasteiger partial charge on any atom is 0.258 e. The van der Waals surface area contributed by atoms with Crippen LogP contribution in [0.2, 0.25) is 5.02 Å². The second-order valence-corrected chi connectivity index (χ2v) is 6.68. The summed E-state index contributed by atoms with van der Waals surface area (Å²) in [6.07, 6.45) is 3.18. The van der Waals surface area contributed by atoms with E-state index in [-0.39, 0.29) is 5.91 Å². The van der Waals surface area contributed by atoms with Crippen LogP contribution in [0.4, 0.5) is 5.69 Å². The number of benzene rings is 2. The number of amides is 1. The van der Waals surface area contributed by atoms with Crippen molar-refractivity contribution in [2.45, 2.75) is 6.61 Å². The number of hydrogen-bond acceptors (Lipinski definition) is 5. The number of nitrogens with one attached hydrogen (secondary N) is 1. The van der Waals surface area contributed by atoms with Gasteiger partial charge in [-0.1, -0.05) is 11.6 Å². The summed E-state index contributed by atoms with van der Waals surface area (Å²) >= 11 is 6.24. The Morgan fingerprint density at radius 2 is 2.04 bits per heavy atom. The molecular formula is C20H18ClN3O4. The molecule has 0 radical (unpaired) electrons. The van der Waals surface area contributed by atoms with Gasteiger partial charge in [0.1, 0.15) is 25.6 Å². The topological polar surface area (TPSA) is 74.6 Å². The molecular weight excluding hydrogens is 382 g/mol. The minimum absolute atomic E-state index is 0.215. The van der Waals surface area contributed by atoms with Gasteiger partial charge in [-0.2, -0.15) is 5.10 Å². The summed E-state index contributed by atoms with van der Waals surface area (Å²) in [5, 5.41) is 7.31. The van der Waals surface area contributed by atoms with Gasteiger partial charge >= 0.3 is 0 Å². The minimum atomic E-state index is -0.215. The number of aromatic nitrogens is 2. The Labute approximate surface area is 166 Å². The van der Waals surface area contributed by atoms with E-state index in [9.17, 15) is 4.79 Å². The number of ether oxygens (including phenoxy) is 3. The van der Waals surface area contributed by atoms with E-state index >= 15 is 0 Å². The van der Waals surface area contributed by atoms with Crippen LogP contribution in [0.5, 0.6) is 17.2 Å². The summed E-state index contributed by atoms with van der Waals surface area (Å²) in [6, 6.07) is 10.8. The highest BCUT2D eigenvalue weighted by molar-refractivity contribution is 6.32. The minimum Gasteiger partial charge on any atom is -0.489 e. The van der Waals surface area contributed by atoms with E-state index in [1.54, 1.807) is 48.3 Å². The molecule has 0 bridgehead atoms. The van der Waals surface area contributed by atoms with Crippen LogP contribution in [0.25, 0.3) is 0 Å². The van der Waals surface area contributed by atoms with Crippen molar-refractivity contribution in [1.29, 1.82) is 0 Å². The van der Waals surface area contributed by atoms with Gasteiger partial charge in [0.05, 0.1) is 16.8 Å².